The molecule has 2 N–H and O–H groups in total. The molecule has 5 rings (SSSR count). The summed E-state index contributed by atoms with van der Waals surface area (Å²) in [5.74, 6) is 5.10. The molecule has 4 aliphatic carbocycles. The van der Waals surface area contributed by atoms with Gasteiger partial charge in [-0.05, 0) is 133 Å². The van der Waals surface area contributed by atoms with Crippen molar-refractivity contribution in [1.82, 2.24) is 0 Å². The maximum absolute atomic E-state index is 12.4. The fraction of sp³-hybridized carbons (Fsp3) is 0.816. The van der Waals surface area contributed by atoms with Crippen molar-refractivity contribution in [3.8, 4) is 0 Å². The van der Waals surface area contributed by atoms with Crippen LogP contribution >= 0.6 is 0 Å². The predicted molar refractivity (Wildman–Crippen MR) is 173 cm³/mol. The fourth-order valence-electron chi connectivity index (χ4n) is 11.1. The molecular weight excluding hydrogens is 518 g/mol. The minimum atomic E-state index is -0.363. The van der Waals surface area contributed by atoms with Gasteiger partial charge in [0.25, 0.3) is 0 Å². The van der Waals surface area contributed by atoms with E-state index in [9.17, 15) is 9.90 Å². The summed E-state index contributed by atoms with van der Waals surface area (Å²) in [4.78, 5) is 12.4. The Morgan fingerprint density at radius 3 is 2.36 bits per heavy atom. The van der Waals surface area contributed by atoms with E-state index < -0.39 is 0 Å². The number of anilines is 1. The number of carbonyl (C=O) groups excluding carboxylic acids is 1. The second-order valence-electron chi connectivity index (χ2n) is 16.8. The van der Waals surface area contributed by atoms with Gasteiger partial charge in [-0.25, -0.2) is 4.79 Å². The van der Waals surface area contributed by atoms with E-state index in [4.69, 9.17) is 4.74 Å². The molecule has 0 unspecified atom stereocenters. The summed E-state index contributed by atoms with van der Waals surface area (Å²) in [7, 11) is 0. The smallest absolute Gasteiger partial charge is 0.411 e. The molecule has 0 spiro atoms. The zero-order valence-electron chi connectivity index (χ0n) is 28.0. The molecular formula is C38H61NO3. The Balaban J connectivity index is 1.16. The molecule has 4 fully saturated rings. The van der Waals surface area contributed by atoms with Gasteiger partial charge >= 0.3 is 6.09 Å². The monoisotopic (exact) mass is 579 g/mol. The van der Waals surface area contributed by atoms with Crippen LogP contribution in [-0.4, -0.2) is 23.9 Å². The number of fused-ring (bicyclic) bond motifs is 5. The Morgan fingerprint density at radius 1 is 1.02 bits per heavy atom. The third-order valence-corrected chi connectivity index (χ3v) is 13.5. The normalized spacial score (nSPS) is 40.4. The minimum Gasteiger partial charge on any atom is -0.449 e. The first-order valence-electron chi connectivity index (χ1n) is 17.5. The van der Waals surface area contributed by atoms with Crippen LogP contribution in [0, 0.1) is 58.2 Å². The lowest BCUT2D eigenvalue weighted by molar-refractivity contribution is -0.198. The first-order chi connectivity index (χ1) is 19.8. The maximum Gasteiger partial charge on any atom is 0.411 e. The van der Waals surface area contributed by atoms with Crippen LogP contribution in [0.5, 0.6) is 0 Å². The number of hydrogen-bond donors (Lipinski definition) is 2. The SMILES string of the molecule is CC[C@H]1[C@@H](O)[C@@H]2[C@H](CC[C@]3(C)[C@@H]([C@H](C)CCCOC(=O)Nc4ccc(C(C)(C)C)cc4)CC[C@@H]23)[C@@]2(C)CC[C@@H](C)C[C@@H]12. The van der Waals surface area contributed by atoms with E-state index in [2.05, 4.69) is 72.8 Å². The van der Waals surface area contributed by atoms with Crippen LogP contribution in [0.3, 0.4) is 0 Å². The van der Waals surface area contributed by atoms with Gasteiger partial charge in [0.05, 0.1) is 12.7 Å². The molecule has 0 radical (unpaired) electrons. The Kier molecular flexibility index (Phi) is 9.17. The second kappa shape index (κ2) is 12.1. The number of rotatable bonds is 7. The summed E-state index contributed by atoms with van der Waals surface area (Å²) in [6.45, 7) is 19.5. The molecule has 11 atom stereocenters. The van der Waals surface area contributed by atoms with Crippen molar-refractivity contribution in [3.05, 3.63) is 29.8 Å². The lowest BCUT2D eigenvalue weighted by Crippen LogP contribution is -2.61. The highest BCUT2D eigenvalue weighted by Gasteiger charge is 2.64. The Hall–Kier alpha value is -1.55. The van der Waals surface area contributed by atoms with E-state index in [0.29, 0.717) is 58.9 Å². The van der Waals surface area contributed by atoms with E-state index in [1.807, 2.05) is 12.1 Å². The molecule has 0 heterocycles. The highest BCUT2D eigenvalue weighted by atomic mass is 16.5. The summed E-state index contributed by atoms with van der Waals surface area (Å²) in [6, 6.07) is 8.06. The number of nitrogens with one attached hydrogen (secondary N) is 1. The molecule has 1 aromatic rings. The van der Waals surface area contributed by atoms with Crippen molar-refractivity contribution in [1.29, 1.82) is 0 Å². The van der Waals surface area contributed by atoms with Gasteiger partial charge in [0, 0.05) is 5.69 Å². The number of aliphatic hydroxyl groups excluding tert-OH is 1. The van der Waals surface area contributed by atoms with Gasteiger partial charge in [-0.3, -0.25) is 5.32 Å². The zero-order valence-corrected chi connectivity index (χ0v) is 28.0. The fourth-order valence-corrected chi connectivity index (χ4v) is 11.1. The van der Waals surface area contributed by atoms with Crippen LogP contribution in [0.15, 0.2) is 24.3 Å². The molecule has 42 heavy (non-hydrogen) atoms. The zero-order chi connectivity index (χ0) is 30.4. The predicted octanol–water partition coefficient (Wildman–Crippen LogP) is 9.85. The third-order valence-electron chi connectivity index (χ3n) is 13.5. The number of benzene rings is 1. The highest BCUT2D eigenvalue weighted by molar-refractivity contribution is 5.84. The van der Waals surface area contributed by atoms with Crippen LogP contribution in [0.2, 0.25) is 0 Å². The average molecular weight is 580 g/mol. The van der Waals surface area contributed by atoms with Crippen molar-refractivity contribution < 1.29 is 14.6 Å². The van der Waals surface area contributed by atoms with Crippen LogP contribution in [0.4, 0.5) is 10.5 Å². The number of aliphatic hydroxyl groups is 1. The van der Waals surface area contributed by atoms with Gasteiger partial charge in [0.15, 0.2) is 0 Å². The topological polar surface area (TPSA) is 58.6 Å². The molecule has 0 saturated heterocycles. The van der Waals surface area contributed by atoms with Crippen molar-refractivity contribution >= 4 is 11.8 Å². The highest BCUT2D eigenvalue weighted by Crippen LogP contribution is 2.69. The summed E-state index contributed by atoms with van der Waals surface area (Å²) in [5.41, 5.74) is 2.85. The average Bonchev–Trinajstić information content (AvgIpc) is 3.29. The van der Waals surface area contributed by atoms with Gasteiger partial charge in [0.1, 0.15) is 0 Å². The Bertz CT molecular complexity index is 1080. The van der Waals surface area contributed by atoms with Crippen LogP contribution in [-0.2, 0) is 10.2 Å². The largest absolute Gasteiger partial charge is 0.449 e. The van der Waals surface area contributed by atoms with Crippen LogP contribution in [0.1, 0.15) is 125 Å². The van der Waals surface area contributed by atoms with E-state index in [1.54, 1.807) is 0 Å². The molecule has 4 saturated carbocycles. The molecule has 236 valence electrons. The van der Waals surface area contributed by atoms with Gasteiger partial charge in [-0.2, -0.15) is 0 Å². The summed E-state index contributed by atoms with van der Waals surface area (Å²) in [5, 5.41) is 14.9. The Morgan fingerprint density at radius 2 is 1.69 bits per heavy atom. The number of amides is 1. The lowest BCUT2D eigenvalue weighted by Gasteiger charge is -2.65. The quantitative estimate of drug-likeness (QED) is 0.316. The van der Waals surface area contributed by atoms with Crippen molar-refractivity contribution in [2.45, 2.75) is 131 Å². The number of carbonyl (C=O) groups is 1. The summed E-state index contributed by atoms with van der Waals surface area (Å²) >= 11 is 0. The molecule has 0 aliphatic heterocycles. The van der Waals surface area contributed by atoms with Crippen LogP contribution < -0.4 is 5.32 Å². The van der Waals surface area contributed by atoms with Gasteiger partial charge in [-0.15, -0.1) is 0 Å². The standard InChI is InChI=1S/C38H61NO3/c1-9-28-32-23-24(2)18-20-38(32,8)31-19-21-37(7)29(16-17-30(37)33(31)34(28)40)25(3)11-10-22-42-35(41)39-27-14-12-26(13-15-27)36(4,5)6/h12-15,24-25,28-34,40H,9-11,16-23H2,1-8H3,(H,39,41)/t24-,25-,28-,29-,30+,31+,32+,33+,34-,37-,38-/m1/s1. The van der Waals surface area contributed by atoms with Gasteiger partial charge in [0.2, 0.25) is 0 Å². The summed E-state index contributed by atoms with van der Waals surface area (Å²) in [6.07, 6.45) is 11.9. The Labute approximate surface area is 257 Å². The minimum absolute atomic E-state index is 0.0923. The van der Waals surface area contributed by atoms with E-state index in [-0.39, 0.29) is 17.6 Å². The van der Waals surface area contributed by atoms with Crippen molar-refractivity contribution in [2.75, 3.05) is 11.9 Å². The van der Waals surface area contributed by atoms with Crippen LogP contribution in [0.25, 0.3) is 0 Å². The van der Waals surface area contributed by atoms with E-state index >= 15 is 0 Å². The van der Waals surface area contributed by atoms with Gasteiger partial charge < -0.3 is 9.84 Å². The number of hydrogen-bond acceptors (Lipinski definition) is 3. The van der Waals surface area contributed by atoms with E-state index in [1.165, 1.54) is 50.5 Å². The molecule has 4 nitrogen and oxygen atoms in total. The second-order valence-corrected chi connectivity index (χ2v) is 16.8. The van der Waals surface area contributed by atoms with E-state index in [0.717, 1.165) is 30.9 Å². The maximum atomic E-state index is 12.4. The molecule has 1 aromatic carbocycles. The molecule has 0 aromatic heterocycles. The third kappa shape index (κ3) is 5.80. The molecule has 4 aliphatic rings. The van der Waals surface area contributed by atoms with Crippen molar-refractivity contribution in [3.63, 3.8) is 0 Å². The summed E-state index contributed by atoms with van der Waals surface area (Å²) < 4.78 is 5.58. The van der Waals surface area contributed by atoms with Gasteiger partial charge in [-0.1, -0.05) is 80.4 Å². The first-order valence-corrected chi connectivity index (χ1v) is 17.5. The molecule has 4 heteroatoms. The number of ether oxygens (including phenoxy) is 1. The van der Waals surface area contributed by atoms with Crippen molar-refractivity contribution in [2.24, 2.45) is 58.2 Å². The lowest BCUT2D eigenvalue weighted by atomic mass is 9.41. The molecule has 0 bridgehead atoms. The first kappa shape index (κ1) is 31.9. The molecule has 1 amide bonds.